The van der Waals surface area contributed by atoms with E-state index in [2.05, 4.69) is 52.0 Å². The standard InChI is InChI=1S/C22H21ClN6S/c1-16-3-2-4-18(13-16)15-29-12-10-21(27-29)25-22(30)24-20-9-11-28(26-20)14-17-5-7-19(23)8-6-17/h2-13H,14-15H2,1H3,(H2,24,25,26,27,30). The van der Waals surface area contributed by atoms with E-state index in [4.69, 9.17) is 23.8 Å². The molecular weight excluding hydrogens is 416 g/mol. The number of rotatable bonds is 6. The van der Waals surface area contributed by atoms with E-state index in [0.29, 0.717) is 29.8 Å². The molecule has 0 fully saturated rings. The molecule has 0 unspecified atom stereocenters. The van der Waals surface area contributed by atoms with Crippen molar-refractivity contribution in [3.05, 3.63) is 94.8 Å². The maximum absolute atomic E-state index is 5.93. The Morgan fingerprint density at radius 2 is 1.47 bits per heavy atom. The zero-order chi connectivity index (χ0) is 20.9. The highest BCUT2D eigenvalue weighted by molar-refractivity contribution is 7.80. The number of nitrogens with zero attached hydrogens (tertiary/aromatic N) is 4. The number of aryl methyl sites for hydroxylation is 1. The van der Waals surface area contributed by atoms with Gasteiger partial charge < -0.3 is 10.6 Å². The molecule has 0 aliphatic carbocycles. The predicted molar refractivity (Wildman–Crippen MR) is 125 cm³/mol. The van der Waals surface area contributed by atoms with Crippen molar-refractivity contribution in [1.82, 2.24) is 19.6 Å². The summed E-state index contributed by atoms with van der Waals surface area (Å²) >= 11 is 11.3. The molecule has 30 heavy (non-hydrogen) atoms. The summed E-state index contributed by atoms with van der Waals surface area (Å²) in [6.45, 7) is 3.45. The Balaban J connectivity index is 1.31. The summed E-state index contributed by atoms with van der Waals surface area (Å²) in [6, 6.07) is 19.9. The summed E-state index contributed by atoms with van der Waals surface area (Å²) in [4.78, 5) is 0. The Kier molecular flexibility index (Phi) is 6.11. The van der Waals surface area contributed by atoms with Crippen molar-refractivity contribution < 1.29 is 0 Å². The number of nitrogens with one attached hydrogen (secondary N) is 2. The van der Waals surface area contributed by atoms with Gasteiger partial charge in [-0.05, 0) is 42.4 Å². The first-order valence-corrected chi connectivity index (χ1v) is 10.3. The lowest BCUT2D eigenvalue weighted by Gasteiger charge is -2.07. The van der Waals surface area contributed by atoms with Crippen molar-refractivity contribution in [2.24, 2.45) is 0 Å². The molecular formula is C22H21ClN6S. The SMILES string of the molecule is Cc1cccc(Cn2ccc(NC(=S)Nc3ccn(Cc4ccc(Cl)cc4)n3)n2)c1. The predicted octanol–water partition coefficient (Wildman–Crippen LogP) is 4.95. The number of anilines is 2. The number of aromatic nitrogens is 4. The van der Waals surface area contributed by atoms with Gasteiger partial charge in [0, 0.05) is 29.5 Å². The van der Waals surface area contributed by atoms with E-state index >= 15 is 0 Å². The number of halogens is 1. The first kappa shape index (κ1) is 20.1. The Labute approximate surface area is 185 Å². The van der Waals surface area contributed by atoms with E-state index in [1.54, 1.807) is 0 Å². The molecule has 8 heteroatoms. The second-order valence-electron chi connectivity index (χ2n) is 6.99. The Hall–Kier alpha value is -3.16. The molecule has 152 valence electrons. The second kappa shape index (κ2) is 9.11. The van der Waals surface area contributed by atoms with Crippen LogP contribution in [0.2, 0.25) is 5.02 Å². The molecule has 0 aliphatic rings. The van der Waals surface area contributed by atoms with Crippen LogP contribution in [0.4, 0.5) is 11.6 Å². The summed E-state index contributed by atoms with van der Waals surface area (Å²) in [6.07, 6.45) is 3.82. The van der Waals surface area contributed by atoms with E-state index < -0.39 is 0 Å². The molecule has 0 bridgehead atoms. The lowest BCUT2D eigenvalue weighted by Crippen LogP contribution is -2.20. The van der Waals surface area contributed by atoms with Crippen LogP contribution in [0.3, 0.4) is 0 Å². The average Bonchev–Trinajstić information content (AvgIpc) is 3.33. The third kappa shape index (κ3) is 5.46. The zero-order valence-electron chi connectivity index (χ0n) is 16.4. The topological polar surface area (TPSA) is 59.7 Å². The van der Waals surface area contributed by atoms with Crippen LogP contribution in [-0.4, -0.2) is 24.7 Å². The van der Waals surface area contributed by atoms with Crippen LogP contribution in [0.15, 0.2) is 73.1 Å². The van der Waals surface area contributed by atoms with Crippen molar-refractivity contribution in [1.29, 1.82) is 0 Å². The van der Waals surface area contributed by atoms with Gasteiger partial charge in [0.15, 0.2) is 16.7 Å². The third-order valence-electron chi connectivity index (χ3n) is 4.45. The molecule has 2 heterocycles. The van der Waals surface area contributed by atoms with E-state index in [0.717, 1.165) is 10.6 Å². The van der Waals surface area contributed by atoms with Gasteiger partial charge in [0.05, 0.1) is 13.1 Å². The average molecular weight is 437 g/mol. The zero-order valence-corrected chi connectivity index (χ0v) is 18.0. The van der Waals surface area contributed by atoms with Gasteiger partial charge in [-0.3, -0.25) is 9.36 Å². The Morgan fingerprint density at radius 1 is 0.867 bits per heavy atom. The third-order valence-corrected chi connectivity index (χ3v) is 4.91. The fraction of sp³-hybridized carbons (Fsp3) is 0.136. The van der Waals surface area contributed by atoms with Crippen molar-refractivity contribution in [2.75, 3.05) is 10.6 Å². The summed E-state index contributed by atoms with van der Waals surface area (Å²) in [5, 5.41) is 16.4. The number of thiocarbonyl (C=S) groups is 1. The van der Waals surface area contributed by atoms with Gasteiger partial charge in [0.1, 0.15) is 0 Å². The van der Waals surface area contributed by atoms with E-state index in [9.17, 15) is 0 Å². The van der Waals surface area contributed by atoms with E-state index in [-0.39, 0.29) is 0 Å². The van der Waals surface area contributed by atoms with E-state index in [1.807, 2.05) is 58.2 Å². The highest BCUT2D eigenvalue weighted by Crippen LogP contribution is 2.12. The van der Waals surface area contributed by atoms with Crippen molar-refractivity contribution >= 4 is 40.6 Å². The monoisotopic (exact) mass is 436 g/mol. The fourth-order valence-corrected chi connectivity index (χ4v) is 3.41. The molecule has 6 nitrogen and oxygen atoms in total. The normalized spacial score (nSPS) is 10.7. The lowest BCUT2D eigenvalue weighted by atomic mass is 10.1. The molecule has 0 spiro atoms. The van der Waals surface area contributed by atoms with Crippen LogP contribution in [0.1, 0.15) is 16.7 Å². The van der Waals surface area contributed by atoms with Crippen molar-refractivity contribution in [2.45, 2.75) is 20.0 Å². The smallest absolute Gasteiger partial charge is 0.177 e. The number of hydrogen-bond acceptors (Lipinski definition) is 3. The van der Waals surface area contributed by atoms with Gasteiger partial charge in [0.25, 0.3) is 0 Å². The van der Waals surface area contributed by atoms with Gasteiger partial charge in [-0.2, -0.15) is 10.2 Å². The summed E-state index contributed by atoms with van der Waals surface area (Å²) in [5.41, 5.74) is 3.56. The van der Waals surface area contributed by atoms with Crippen molar-refractivity contribution in [3.8, 4) is 0 Å². The van der Waals surface area contributed by atoms with Crippen LogP contribution >= 0.6 is 23.8 Å². The molecule has 2 aromatic carbocycles. The molecule has 0 saturated carbocycles. The quantitative estimate of drug-likeness (QED) is 0.419. The van der Waals surface area contributed by atoms with E-state index in [1.165, 1.54) is 11.1 Å². The molecule has 2 aromatic heterocycles. The molecule has 0 saturated heterocycles. The maximum atomic E-state index is 5.93. The molecule has 0 aliphatic heterocycles. The lowest BCUT2D eigenvalue weighted by molar-refractivity contribution is 0.689. The van der Waals surface area contributed by atoms with Gasteiger partial charge in [0.2, 0.25) is 0 Å². The first-order chi connectivity index (χ1) is 14.5. The molecule has 0 amide bonds. The summed E-state index contributed by atoms with van der Waals surface area (Å²) in [5.74, 6) is 1.35. The van der Waals surface area contributed by atoms with Crippen LogP contribution < -0.4 is 10.6 Å². The Morgan fingerprint density at radius 3 is 2.07 bits per heavy atom. The van der Waals surface area contributed by atoms with Crippen LogP contribution in [-0.2, 0) is 13.1 Å². The van der Waals surface area contributed by atoms with Gasteiger partial charge >= 0.3 is 0 Å². The first-order valence-electron chi connectivity index (χ1n) is 9.48. The molecule has 2 N–H and O–H groups in total. The number of benzene rings is 2. The van der Waals surface area contributed by atoms with Gasteiger partial charge in [-0.15, -0.1) is 0 Å². The van der Waals surface area contributed by atoms with Crippen LogP contribution in [0.25, 0.3) is 0 Å². The highest BCUT2D eigenvalue weighted by Gasteiger charge is 2.06. The minimum absolute atomic E-state index is 0.438. The maximum Gasteiger partial charge on any atom is 0.177 e. The Bertz CT molecular complexity index is 1150. The van der Waals surface area contributed by atoms with Gasteiger partial charge in [-0.25, -0.2) is 0 Å². The minimum Gasteiger partial charge on any atom is -0.316 e. The van der Waals surface area contributed by atoms with Gasteiger partial charge in [-0.1, -0.05) is 53.6 Å². The van der Waals surface area contributed by atoms with Crippen LogP contribution in [0.5, 0.6) is 0 Å². The summed E-state index contributed by atoms with van der Waals surface area (Å²) < 4.78 is 3.71. The fourth-order valence-electron chi connectivity index (χ4n) is 3.07. The molecule has 4 aromatic rings. The molecule has 4 rings (SSSR count). The number of hydrogen-bond donors (Lipinski definition) is 2. The molecule has 0 atom stereocenters. The highest BCUT2D eigenvalue weighted by atomic mass is 35.5. The van der Waals surface area contributed by atoms with Crippen molar-refractivity contribution in [3.63, 3.8) is 0 Å². The minimum atomic E-state index is 0.438. The van der Waals surface area contributed by atoms with Crippen LogP contribution in [0, 0.1) is 6.92 Å². The summed E-state index contributed by atoms with van der Waals surface area (Å²) in [7, 11) is 0. The largest absolute Gasteiger partial charge is 0.316 e. The molecule has 0 radical (unpaired) electrons. The second-order valence-corrected chi connectivity index (χ2v) is 7.84.